The molecule has 1 atom stereocenters. The summed E-state index contributed by atoms with van der Waals surface area (Å²) in [6.45, 7) is 0.797. The number of para-hydroxylation sites is 1. The monoisotopic (exact) mass is 364 g/mol. The van der Waals surface area contributed by atoms with E-state index in [1.165, 1.54) is 0 Å². The Bertz CT molecular complexity index is 690. The molecule has 1 aliphatic heterocycles. The van der Waals surface area contributed by atoms with Crippen LogP contribution in [0.25, 0.3) is 0 Å². The fourth-order valence-corrected chi connectivity index (χ4v) is 3.10. The minimum absolute atomic E-state index is 0.00748. The highest BCUT2D eigenvalue weighted by atomic mass is 79.9. The molecule has 21 heavy (non-hydrogen) atoms. The topological polar surface area (TPSA) is 41.1 Å². The number of nitrogens with one attached hydrogen (secondary N) is 2. The second kappa shape index (κ2) is 6.08. The molecule has 0 radical (unpaired) electrons. The van der Waals surface area contributed by atoms with E-state index in [1.54, 1.807) is 6.07 Å². The molecule has 1 unspecified atom stereocenters. The van der Waals surface area contributed by atoms with Gasteiger partial charge in [0.1, 0.15) is 0 Å². The number of carbonyl (C=O) groups excluding carboxylic acids is 1. The van der Waals surface area contributed by atoms with Crippen molar-refractivity contribution >= 4 is 44.8 Å². The molecule has 1 amide bonds. The van der Waals surface area contributed by atoms with Gasteiger partial charge < -0.3 is 10.6 Å². The van der Waals surface area contributed by atoms with Crippen molar-refractivity contribution in [1.82, 2.24) is 0 Å². The van der Waals surface area contributed by atoms with Crippen LogP contribution in [0.3, 0.4) is 0 Å². The minimum Gasteiger partial charge on any atom is -0.385 e. The maximum absolute atomic E-state index is 12.6. The second-order valence-electron chi connectivity index (χ2n) is 4.95. The first-order valence-corrected chi connectivity index (χ1v) is 7.91. The van der Waals surface area contributed by atoms with Gasteiger partial charge in [-0.15, -0.1) is 0 Å². The summed E-state index contributed by atoms with van der Waals surface area (Å²) in [5.74, 6) is -0.153. The van der Waals surface area contributed by atoms with Crippen molar-refractivity contribution in [2.45, 2.75) is 12.3 Å². The first-order chi connectivity index (χ1) is 10.2. The van der Waals surface area contributed by atoms with E-state index < -0.39 is 0 Å². The molecule has 2 aromatic carbocycles. The van der Waals surface area contributed by atoms with Crippen LogP contribution in [0.2, 0.25) is 5.02 Å². The van der Waals surface area contributed by atoms with E-state index in [2.05, 4.69) is 26.6 Å². The summed E-state index contributed by atoms with van der Waals surface area (Å²) in [6, 6.07) is 13.4. The van der Waals surface area contributed by atoms with E-state index in [0.717, 1.165) is 24.2 Å². The van der Waals surface area contributed by atoms with Crippen molar-refractivity contribution in [3.63, 3.8) is 0 Å². The lowest BCUT2D eigenvalue weighted by atomic mass is 9.90. The lowest BCUT2D eigenvalue weighted by molar-refractivity contribution is -0.117. The predicted molar refractivity (Wildman–Crippen MR) is 90.1 cm³/mol. The summed E-state index contributed by atoms with van der Waals surface area (Å²) in [7, 11) is 0. The van der Waals surface area contributed by atoms with Crippen LogP contribution in [0.5, 0.6) is 0 Å². The zero-order chi connectivity index (χ0) is 14.8. The first-order valence-electron chi connectivity index (χ1n) is 6.74. The van der Waals surface area contributed by atoms with Crippen molar-refractivity contribution in [3.8, 4) is 0 Å². The average Bonchev–Trinajstić information content (AvgIpc) is 2.51. The third-order valence-electron chi connectivity index (χ3n) is 3.61. The van der Waals surface area contributed by atoms with Gasteiger partial charge in [0.05, 0.1) is 21.1 Å². The van der Waals surface area contributed by atoms with Gasteiger partial charge in [0.2, 0.25) is 5.91 Å². The van der Waals surface area contributed by atoms with Gasteiger partial charge in [-0.1, -0.05) is 35.9 Å². The molecule has 2 aromatic rings. The Labute approximate surface area is 136 Å². The maximum Gasteiger partial charge on any atom is 0.232 e. The van der Waals surface area contributed by atoms with Gasteiger partial charge >= 0.3 is 0 Å². The Hall–Kier alpha value is -1.52. The lowest BCUT2D eigenvalue weighted by Gasteiger charge is -2.26. The Morgan fingerprint density at radius 1 is 1.24 bits per heavy atom. The Kier molecular flexibility index (Phi) is 4.17. The summed E-state index contributed by atoms with van der Waals surface area (Å²) in [5, 5.41) is 6.87. The van der Waals surface area contributed by atoms with Gasteiger partial charge in [0.15, 0.2) is 0 Å². The number of fused-ring (bicyclic) bond motifs is 1. The summed E-state index contributed by atoms with van der Waals surface area (Å²) in [5.41, 5.74) is 2.77. The first kappa shape index (κ1) is 14.4. The van der Waals surface area contributed by atoms with Gasteiger partial charge in [-0.3, -0.25) is 4.79 Å². The number of anilines is 2. The van der Waals surface area contributed by atoms with Crippen LogP contribution >= 0.6 is 27.5 Å². The molecule has 3 nitrogen and oxygen atoms in total. The van der Waals surface area contributed by atoms with Crippen molar-refractivity contribution in [3.05, 3.63) is 57.5 Å². The molecule has 0 fully saturated rings. The number of rotatable bonds is 2. The molecule has 0 saturated heterocycles. The minimum atomic E-state index is -0.145. The molecule has 1 heterocycles. The SMILES string of the molecule is O=C(Nc1cccc(Cl)c1Br)C1CCNc2ccccc21. The second-order valence-corrected chi connectivity index (χ2v) is 6.15. The molecular weight excluding hydrogens is 352 g/mol. The van der Waals surface area contributed by atoms with Crippen LogP contribution in [0.1, 0.15) is 17.9 Å². The number of hydrogen-bond donors (Lipinski definition) is 2. The van der Waals surface area contributed by atoms with Gasteiger partial charge in [0.25, 0.3) is 0 Å². The molecule has 0 saturated carbocycles. The quantitative estimate of drug-likeness (QED) is 0.814. The molecule has 0 spiro atoms. The van der Waals surface area contributed by atoms with Gasteiger partial charge in [-0.25, -0.2) is 0 Å². The molecule has 0 aromatic heterocycles. The summed E-state index contributed by atoms with van der Waals surface area (Å²) in [6.07, 6.45) is 0.779. The van der Waals surface area contributed by atoms with Gasteiger partial charge in [0, 0.05) is 12.2 Å². The van der Waals surface area contributed by atoms with Crippen molar-refractivity contribution in [2.75, 3.05) is 17.2 Å². The van der Waals surface area contributed by atoms with Gasteiger partial charge in [-0.05, 0) is 46.1 Å². The predicted octanol–water partition coefficient (Wildman–Crippen LogP) is 4.64. The molecule has 108 valence electrons. The molecule has 3 rings (SSSR count). The molecule has 0 aliphatic carbocycles. The fraction of sp³-hybridized carbons (Fsp3) is 0.188. The Morgan fingerprint density at radius 2 is 2.05 bits per heavy atom. The van der Waals surface area contributed by atoms with E-state index in [4.69, 9.17) is 11.6 Å². The fourth-order valence-electron chi connectivity index (χ4n) is 2.56. The van der Waals surface area contributed by atoms with E-state index >= 15 is 0 Å². The third-order valence-corrected chi connectivity index (χ3v) is 5.01. The van der Waals surface area contributed by atoms with Crippen LogP contribution in [0.15, 0.2) is 46.9 Å². The zero-order valence-corrected chi connectivity index (χ0v) is 13.5. The standard InChI is InChI=1S/C16H14BrClN2O/c17-15-12(18)5-3-7-14(15)20-16(21)11-8-9-19-13-6-2-1-4-10(11)13/h1-7,11,19H,8-9H2,(H,20,21). The number of hydrogen-bond acceptors (Lipinski definition) is 2. The zero-order valence-electron chi connectivity index (χ0n) is 11.2. The molecule has 5 heteroatoms. The van der Waals surface area contributed by atoms with Gasteiger partial charge in [-0.2, -0.15) is 0 Å². The Morgan fingerprint density at radius 3 is 2.90 bits per heavy atom. The highest BCUT2D eigenvalue weighted by molar-refractivity contribution is 9.10. The van der Waals surface area contributed by atoms with Crippen LogP contribution < -0.4 is 10.6 Å². The lowest BCUT2D eigenvalue weighted by Crippen LogP contribution is -2.27. The number of carbonyl (C=O) groups is 1. The normalized spacial score (nSPS) is 16.8. The average molecular weight is 366 g/mol. The highest BCUT2D eigenvalue weighted by Gasteiger charge is 2.26. The molecular formula is C16H14BrClN2O. The van der Waals surface area contributed by atoms with Crippen LogP contribution in [0, 0.1) is 0 Å². The summed E-state index contributed by atoms with van der Waals surface area (Å²) in [4.78, 5) is 12.6. The summed E-state index contributed by atoms with van der Waals surface area (Å²) < 4.78 is 0.710. The molecule has 0 bridgehead atoms. The van der Waals surface area contributed by atoms with Crippen molar-refractivity contribution < 1.29 is 4.79 Å². The Balaban J connectivity index is 1.85. The van der Waals surface area contributed by atoms with Crippen LogP contribution in [0.4, 0.5) is 11.4 Å². The largest absolute Gasteiger partial charge is 0.385 e. The molecule has 1 aliphatic rings. The smallest absolute Gasteiger partial charge is 0.232 e. The number of amides is 1. The van der Waals surface area contributed by atoms with Crippen molar-refractivity contribution in [1.29, 1.82) is 0 Å². The van der Waals surface area contributed by atoms with E-state index in [-0.39, 0.29) is 11.8 Å². The van der Waals surface area contributed by atoms with Crippen LogP contribution in [-0.2, 0) is 4.79 Å². The third kappa shape index (κ3) is 2.92. The van der Waals surface area contributed by atoms with E-state index in [0.29, 0.717) is 15.2 Å². The van der Waals surface area contributed by atoms with Crippen molar-refractivity contribution in [2.24, 2.45) is 0 Å². The molecule has 2 N–H and O–H groups in total. The number of halogens is 2. The highest BCUT2D eigenvalue weighted by Crippen LogP contribution is 2.34. The number of benzene rings is 2. The van der Waals surface area contributed by atoms with Crippen LogP contribution in [-0.4, -0.2) is 12.5 Å². The summed E-state index contributed by atoms with van der Waals surface area (Å²) >= 11 is 9.46. The maximum atomic E-state index is 12.6. The van der Waals surface area contributed by atoms with E-state index in [1.807, 2.05) is 36.4 Å². The van der Waals surface area contributed by atoms with E-state index in [9.17, 15) is 4.79 Å².